The number of nitrogens with zero attached hydrogens (tertiary/aromatic N) is 2. The van der Waals surface area contributed by atoms with Gasteiger partial charge in [0.25, 0.3) is 5.91 Å². The Kier molecular flexibility index (Phi) is 6.33. The topological polar surface area (TPSA) is 105 Å². The molecule has 32 heavy (non-hydrogen) atoms. The Morgan fingerprint density at radius 2 is 1.78 bits per heavy atom. The van der Waals surface area contributed by atoms with E-state index < -0.39 is 42.4 Å². The normalized spacial score (nSPS) is 17.2. The summed E-state index contributed by atoms with van der Waals surface area (Å²) >= 11 is 0. The second kappa shape index (κ2) is 8.81. The van der Waals surface area contributed by atoms with Crippen LogP contribution in [0.15, 0.2) is 53.5 Å². The van der Waals surface area contributed by atoms with Gasteiger partial charge >= 0.3 is 6.18 Å². The number of primary amides is 1. The van der Waals surface area contributed by atoms with Crippen molar-refractivity contribution in [1.29, 1.82) is 0 Å². The van der Waals surface area contributed by atoms with E-state index >= 15 is 0 Å². The van der Waals surface area contributed by atoms with Crippen LogP contribution in [0.25, 0.3) is 0 Å². The number of para-hydroxylation sites is 1. The molecule has 1 aliphatic heterocycles. The average Bonchev–Trinajstić information content (AvgIpc) is 2.83. The van der Waals surface area contributed by atoms with Crippen LogP contribution in [0.3, 0.4) is 0 Å². The minimum atomic E-state index is -4.52. The highest BCUT2D eigenvalue weighted by atomic mass is 19.4. The Morgan fingerprint density at radius 1 is 1.16 bits per heavy atom. The first-order valence-corrected chi connectivity index (χ1v) is 9.70. The van der Waals surface area contributed by atoms with Crippen LogP contribution in [0, 0.1) is 5.92 Å². The number of nitrogens with one attached hydrogen (secondary N) is 1. The predicted molar refractivity (Wildman–Crippen MR) is 112 cm³/mol. The van der Waals surface area contributed by atoms with Gasteiger partial charge in [0.15, 0.2) is 0 Å². The van der Waals surface area contributed by atoms with Crippen LogP contribution in [0.5, 0.6) is 0 Å². The van der Waals surface area contributed by atoms with Gasteiger partial charge in [-0.05, 0) is 18.2 Å². The maximum atomic E-state index is 13.0. The second-order valence-corrected chi connectivity index (χ2v) is 7.47. The van der Waals surface area contributed by atoms with E-state index in [0.29, 0.717) is 22.5 Å². The fourth-order valence-electron chi connectivity index (χ4n) is 3.36. The number of aliphatic imine (C=N–C) groups is 1. The van der Waals surface area contributed by atoms with E-state index in [1.54, 1.807) is 36.4 Å². The zero-order valence-electron chi connectivity index (χ0n) is 17.3. The third-order valence-corrected chi connectivity index (χ3v) is 5.05. The summed E-state index contributed by atoms with van der Waals surface area (Å²) in [5.74, 6) is -3.55. The molecular formula is C22H21F3N4O3. The number of amides is 3. The minimum Gasteiger partial charge on any atom is -0.366 e. The summed E-state index contributed by atoms with van der Waals surface area (Å²) in [7, 11) is 1.49. The number of halogens is 3. The Balaban J connectivity index is 2.03. The van der Waals surface area contributed by atoms with Crippen molar-refractivity contribution >= 4 is 29.1 Å². The van der Waals surface area contributed by atoms with E-state index in [1.807, 2.05) is 0 Å². The zero-order chi connectivity index (χ0) is 23.6. The van der Waals surface area contributed by atoms with Crippen molar-refractivity contribution < 1.29 is 27.6 Å². The number of carbonyl (C=O) groups excluding carboxylic acids is 3. The highest BCUT2D eigenvalue weighted by Gasteiger charge is 2.36. The summed E-state index contributed by atoms with van der Waals surface area (Å²) < 4.78 is 38.1. The van der Waals surface area contributed by atoms with E-state index in [4.69, 9.17) is 5.73 Å². The van der Waals surface area contributed by atoms with Gasteiger partial charge in [-0.25, -0.2) is 4.99 Å². The highest BCUT2D eigenvalue weighted by molar-refractivity contribution is 6.20. The maximum absolute atomic E-state index is 13.0. The number of anilines is 1. The van der Waals surface area contributed by atoms with Crippen LogP contribution in [-0.2, 0) is 9.59 Å². The van der Waals surface area contributed by atoms with Gasteiger partial charge in [0, 0.05) is 29.7 Å². The third kappa shape index (κ3) is 4.96. The van der Waals surface area contributed by atoms with Crippen LogP contribution in [-0.4, -0.2) is 42.8 Å². The van der Waals surface area contributed by atoms with E-state index in [9.17, 15) is 27.6 Å². The van der Waals surface area contributed by atoms with E-state index in [2.05, 4.69) is 10.3 Å². The van der Waals surface area contributed by atoms with Gasteiger partial charge in [-0.15, -0.1) is 0 Å². The number of carbonyl (C=O) groups is 3. The highest BCUT2D eigenvalue weighted by Crippen LogP contribution is 2.28. The summed E-state index contributed by atoms with van der Waals surface area (Å²) in [6.07, 6.45) is -7.27. The first-order valence-electron chi connectivity index (χ1n) is 9.70. The van der Waals surface area contributed by atoms with Gasteiger partial charge < -0.3 is 16.0 Å². The number of hydrogen-bond acceptors (Lipinski definition) is 4. The van der Waals surface area contributed by atoms with E-state index in [1.165, 1.54) is 24.1 Å². The van der Waals surface area contributed by atoms with Crippen molar-refractivity contribution in [3.05, 3.63) is 65.2 Å². The quantitative estimate of drug-likeness (QED) is 0.738. The molecule has 3 amide bonds. The first kappa shape index (κ1) is 23.0. The number of nitrogens with two attached hydrogens (primary N) is 1. The molecule has 2 atom stereocenters. The number of likely N-dealkylation sites (N-methyl/N-ethyl adjacent to an activating group) is 1. The number of rotatable bonds is 5. The summed E-state index contributed by atoms with van der Waals surface area (Å²) in [4.78, 5) is 42.5. The smallest absolute Gasteiger partial charge is 0.366 e. The van der Waals surface area contributed by atoms with Crippen molar-refractivity contribution in [2.24, 2.45) is 16.6 Å². The van der Waals surface area contributed by atoms with Crippen molar-refractivity contribution in [3.8, 4) is 0 Å². The molecule has 0 aromatic heterocycles. The Hall–Kier alpha value is -3.69. The molecule has 2 unspecified atom stereocenters. The molecular weight excluding hydrogens is 425 g/mol. The van der Waals surface area contributed by atoms with Gasteiger partial charge in [-0.2, -0.15) is 13.2 Å². The van der Waals surface area contributed by atoms with Crippen LogP contribution < -0.4 is 16.0 Å². The molecule has 0 saturated carbocycles. The lowest BCUT2D eigenvalue weighted by Crippen LogP contribution is -2.47. The monoisotopic (exact) mass is 446 g/mol. The number of hydrogen-bond donors (Lipinski definition) is 2. The summed E-state index contributed by atoms with van der Waals surface area (Å²) in [5, 5.41) is 2.33. The van der Waals surface area contributed by atoms with Gasteiger partial charge in [0.2, 0.25) is 18.0 Å². The third-order valence-electron chi connectivity index (χ3n) is 5.05. The lowest BCUT2D eigenvalue weighted by Gasteiger charge is -2.22. The summed E-state index contributed by atoms with van der Waals surface area (Å²) in [5.41, 5.74) is 7.51. The molecule has 168 valence electrons. The van der Waals surface area contributed by atoms with Crippen molar-refractivity contribution in [2.75, 3.05) is 11.9 Å². The number of benzodiazepines with no additional fused rings is 1. The average molecular weight is 446 g/mol. The number of benzene rings is 2. The molecule has 0 saturated heterocycles. The van der Waals surface area contributed by atoms with E-state index in [-0.39, 0.29) is 5.56 Å². The van der Waals surface area contributed by atoms with Crippen LogP contribution in [0.1, 0.15) is 34.8 Å². The van der Waals surface area contributed by atoms with Crippen molar-refractivity contribution in [1.82, 2.24) is 5.32 Å². The second-order valence-electron chi connectivity index (χ2n) is 7.47. The molecule has 1 aliphatic rings. The predicted octanol–water partition coefficient (Wildman–Crippen LogP) is 2.63. The van der Waals surface area contributed by atoms with E-state index in [0.717, 1.165) is 6.92 Å². The molecule has 2 aromatic rings. The van der Waals surface area contributed by atoms with Crippen LogP contribution in [0.2, 0.25) is 0 Å². The fourth-order valence-corrected chi connectivity index (χ4v) is 3.36. The summed E-state index contributed by atoms with van der Waals surface area (Å²) in [6.45, 7) is 1.13. The standard InChI is InChI=1S/C22H21F3N4O3/c1-12(11-22(23,24)25)20(31)28-19-21(32)29(2)16-6-4-3-5-15(16)17(27-19)13-7-9-14(10-8-13)18(26)30/h3-10,12,19H,11H2,1-2H3,(H2,26,30)(H,28,31). The largest absolute Gasteiger partial charge is 0.389 e. The van der Waals surface area contributed by atoms with Crippen LogP contribution in [0.4, 0.5) is 18.9 Å². The molecule has 7 nitrogen and oxygen atoms in total. The van der Waals surface area contributed by atoms with Crippen molar-refractivity contribution in [2.45, 2.75) is 25.7 Å². The minimum absolute atomic E-state index is 0.273. The van der Waals surface area contributed by atoms with Gasteiger partial charge in [-0.1, -0.05) is 37.3 Å². The molecule has 10 heteroatoms. The lowest BCUT2D eigenvalue weighted by molar-refractivity contribution is -0.153. The summed E-state index contributed by atoms with van der Waals surface area (Å²) in [6, 6.07) is 13.1. The fraction of sp³-hybridized carbons (Fsp3) is 0.273. The Labute approximate surface area is 182 Å². The zero-order valence-corrected chi connectivity index (χ0v) is 17.3. The molecule has 0 bridgehead atoms. The Bertz CT molecular complexity index is 1080. The molecule has 0 fully saturated rings. The van der Waals surface area contributed by atoms with Crippen LogP contribution >= 0.6 is 0 Å². The first-order chi connectivity index (χ1) is 15.0. The maximum Gasteiger partial charge on any atom is 0.389 e. The SMILES string of the molecule is CC(CC(F)(F)F)C(=O)NC1N=C(c2ccc(C(N)=O)cc2)c2ccccc2N(C)C1=O. The molecule has 3 N–H and O–H groups in total. The molecule has 2 aromatic carbocycles. The molecule has 3 rings (SSSR count). The molecule has 1 heterocycles. The Morgan fingerprint density at radius 3 is 2.38 bits per heavy atom. The lowest BCUT2D eigenvalue weighted by atomic mass is 9.99. The van der Waals surface area contributed by atoms with Gasteiger partial charge in [-0.3, -0.25) is 14.4 Å². The molecule has 0 radical (unpaired) electrons. The van der Waals surface area contributed by atoms with Crippen molar-refractivity contribution in [3.63, 3.8) is 0 Å². The number of alkyl halides is 3. The van der Waals surface area contributed by atoms with Gasteiger partial charge in [0.1, 0.15) is 0 Å². The number of fused-ring (bicyclic) bond motifs is 1. The molecule has 0 spiro atoms. The molecule has 0 aliphatic carbocycles. The van der Waals surface area contributed by atoms with Gasteiger partial charge in [0.05, 0.1) is 17.8 Å².